The molecule has 0 saturated heterocycles. The highest BCUT2D eigenvalue weighted by molar-refractivity contribution is 4.50. The molecule has 25 heavy (non-hydrogen) atoms. The summed E-state index contributed by atoms with van der Waals surface area (Å²) in [6.07, 6.45) is 23.4. The van der Waals surface area contributed by atoms with Crippen LogP contribution in [-0.4, -0.2) is 31.2 Å². The Hall–Kier alpha value is 0.250. The van der Waals surface area contributed by atoms with Crippen molar-refractivity contribution in [3.05, 3.63) is 0 Å². The van der Waals surface area contributed by atoms with Gasteiger partial charge in [0.1, 0.15) is 0 Å². The van der Waals surface area contributed by atoms with Crippen LogP contribution in [-0.2, 0) is 0 Å². The quantitative estimate of drug-likeness (QED) is 0.226. The van der Waals surface area contributed by atoms with Crippen LogP contribution in [0.3, 0.4) is 0 Å². The number of quaternary nitrogens is 1. The van der Waals surface area contributed by atoms with E-state index in [0.29, 0.717) is 0 Å². The largest absolute Gasteiger partial charge is 1.00 e. The van der Waals surface area contributed by atoms with Crippen LogP contribution in [0.1, 0.15) is 124 Å². The molecule has 0 bridgehead atoms. The van der Waals surface area contributed by atoms with E-state index in [9.17, 15) is 0 Å². The fourth-order valence-corrected chi connectivity index (χ4v) is 3.58. The summed E-state index contributed by atoms with van der Waals surface area (Å²) in [6, 6.07) is 0. The monoisotopic (exact) mass is 375 g/mol. The van der Waals surface area contributed by atoms with E-state index in [1.807, 2.05) is 0 Å². The molecule has 0 aromatic heterocycles. The Morgan fingerprint density at radius 3 is 1.00 bits per heavy atom. The fraction of sp³-hybridized carbons (Fsp3) is 1.00. The zero-order valence-corrected chi connectivity index (χ0v) is 19.0. The van der Waals surface area contributed by atoms with Crippen molar-refractivity contribution >= 4 is 0 Å². The third-order valence-electron chi connectivity index (χ3n) is 6.08. The molecule has 0 aliphatic rings. The van der Waals surface area contributed by atoms with Crippen LogP contribution in [0.25, 0.3) is 0 Å². The SMILES string of the molecule is CCCCCCCCCCCCCCCCCC[N+](C)(CC)CC.[Cl-]. The number of hydrogen-bond acceptors (Lipinski definition) is 0. The van der Waals surface area contributed by atoms with Crippen LogP contribution in [0.5, 0.6) is 0 Å². The van der Waals surface area contributed by atoms with Crippen LogP contribution >= 0.6 is 0 Å². The molecule has 0 rings (SSSR count). The second-order valence-corrected chi connectivity index (χ2v) is 8.28. The summed E-state index contributed by atoms with van der Waals surface area (Å²) in [5.74, 6) is 0. The number of rotatable bonds is 19. The van der Waals surface area contributed by atoms with Gasteiger partial charge in [-0.3, -0.25) is 0 Å². The van der Waals surface area contributed by atoms with Crippen LogP contribution in [0.2, 0.25) is 0 Å². The summed E-state index contributed by atoms with van der Waals surface area (Å²) < 4.78 is 1.26. The molecule has 0 N–H and O–H groups in total. The second-order valence-electron chi connectivity index (χ2n) is 8.28. The maximum absolute atomic E-state index is 2.41. The Balaban J connectivity index is 0. The topological polar surface area (TPSA) is 0 Å². The highest BCUT2D eigenvalue weighted by Gasteiger charge is 2.14. The van der Waals surface area contributed by atoms with E-state index in [-0.39, 0.29) is 12.4 Å². The highest BCUT2D eigenvalue weighted by Crippen LogP contribution is 2.14. The van der Waals surface area contributed by atoms with Gasteiger partial charge in [-0.25, -0.2) is 0 Å². The molecule has 0 fully saturated rings. The molecule has 2 heteroatoms. The lowest BCUT2D eigenvalue weighted by atomic mass is 10.0. The molecule has 0 radical (unpaired) electrons. The Kier molecular flexibility index (Phi) is 22.6. The molecule has 1 nitrogen and oxygen atoms in total. The van der Waals surface area contributed by atoms with Gasteiger partial charge in [-0.1, -0.05) is 96.8 Å². The smallest absolute Gasteiger partial charge is 0.0784 e. The highest BCUT2D eigenvalue weighted by atomic mass is 35.5. The van der Waals surface area contributed by atoms with Crippen LogP contribution in [0.15, 0.2) is 0 Å². The van der Waals surface area contributed by atoms with E-state index in [1.54, 1.807) is 0 Å². The van der Waals surface area contributed by atoms with Gasteiger partial charge in [0.05, 0.1) is 26.7 Å². The molecule has 0 atom stereocenters. The van der Waals surface area contributed by atoms with Gasteiger partial charge in [0, 0.05) is 0 Å². The van der Waals surface area contributed by atoms with E-state index in [2.05, 4.69) is 27.8 Å². The normalized spacial score (nSPS) is 11.5. The molecule has 154 valence electrons. The van der Waals surface area contributed by atoms with E-state index in [1.165, 1.54) is 127 Å². The maximum atomic E-state index is 2.41. The summed E-state index contributed by atoms with van der Waals surface area (Å²) in [4.78, 5) is 0. The molecular formula is C23H50ClN. The first kappa shape index (κ1) is 27.5. The predicted molar refractivity (Wildman–Crippen MR) is 112 cm³/mol. The summed E-state index contributed by atoms with van der Waals surface area (Å²) >= 11 is 0. The van der Waals surface area contributed by atoms with Gasteiger partial charge in [0.15, 0.2) is 0 Å². The lowest BCUT2D eigenvalue weighted by Crippen LogP contribution is -3.00. The molecule has 0 aliphatic carbocycles. The van der Waals surface area contributed by atoms with Gasteiger partial charge in [0.2, 0.25) is 0 Å². The Morgan fingerprint density at radius 2 is 0.720 bits per heavy atom. The molecular weight excluding hydrogens is 326 g/mol. The van der Waals surface area contributed by atoms with Crippen molar-refractivity contribution in [3.8, 4) is 0 Å². The molecule has 0 aliphatic heterocycles. The average molecular weight is 376 g/mol. The minimum absolute atomic E-state index is 0. The molecule has 0 amide bonds. The molecule has 0 aromatic carbocycles. The van der Waals surface area contributed by atoms with Crippen molar-refractivity contribution in [1.82, 2.24) is 0 Å². The van der Waals surface area contributed by atoms with Crippen molar-refractivity contribution in [2.24, 2.45) is 0 Å². The van der Waals surface area contributed by atoms with Gasteiger partial charge >= 0.3 is 0 Å². The first-order valence-corrected chi connectivity index (χ1v) is 11.5. The average Bonchev–Trinajstić information content (AvgIpc) is 2.61. The van der Waals surface area contributed by atoms with Gasteiger partial charge < -0.3 is 16.9 Å². The maximum Gasteiger partial charge on any atom is 0.0784 e. The standard InChI is InChI=1S/C23H50N.ClH/c1-5-8-9-10-11-12-13-14-15-16-17-18-19-20-21-22-23-24(4,6-2)7-3;/h5-23H2,1-4H3;1H/q+1;/p-1. The zero-order chi connectivity index (χ0) is 17.9. The third-order valence-corrected chi connectivity index (χ3v) is 6.08. The molecule has 0 heterocycles. The number of unbranched alkanes of at least 4 members (excludes halogenated alkanes) is 15. The number of hydrogen-bond donors (Lipinski definition) is 0. The fourth-order valence-electron chi connectivity index (χ4n) is 3.58. The first-order chi connectivity index (χ1) is 11.7. The second kappa shape index (κ2) is 20.6. The van der Waals surface area contributed by atoms with Gasteiger partial charge in [-0.05, 0) is 26.7 Å². The molecule has 0 aromatic rings. The van der Waals surface area contributed by atoms with Crippen molar-refractivity contribution in [2.45, 2.75) is 124 Å². The van der Waals surface area contributed by atoms with Crippen LogP contribution in [0, 0.1) is 0 Å². The van der Waals surface area contributed by atoms with Gasteiger partial charge in [-0.15, -0.1) is 0 Å². The lowest BCUT2D eigenvalue weighted by molar-refractivity contribution is -0.906. The lowest BCUT2D eigenvalue weighted by Gasteiger charge is -2.32. The Bertz CT molecular complexity index is 238. The van der Waals surface area contributed by atoms with E-state index >= 15 is 0 Å². The minimum atomic E-state index is 0. The van der Waals surface area contributed by atoms with Crippen LogP contribution in [0.4, 0.5) is 0 Å². The van der Waals surface area contributed by atoms with Gasteiger partial charge in [0.25, 0.3) is 0 Å². The van der Waals surface area contributed by atoms with E-state index in [4.69, 9.17) is 0 Å². The predicted octanol–water partition coefficient (Wildman–Crippen LogP) is 4.74. The Morgan fingerprint density at radius 1 is 0.440 bits per heavy atom. The summed E-state index contributed by atoms with van der Waals surface area (Å²) in [5, 5.41) is 0. The summed E-state index contributed by atoms with van der Waals surface area (Å²) in [6.45, 7) is 10.9. The van der Waals surface area contributed by atoms with E-state index < -0.39 is 0 Å². The molecule has 0 spiro atoms. The van der Waals surface area contributed by atoms with Crippen molar-refractivity contribution in [2.75, 3.05) is 26.7 Å². The number of nitrogens with zero attached hydrogens (tertiary/aromatic N) is 1. The summed E-state index contributed by atoms with van der Waals surface area (Å²) in [5.41, 5.74) is 0. The van der Waals surface area contributed by atoms with Gasteiger partial charge in [-0.2, -0.15) is 0 Å². The first-order valence-electron chi connectivity index (χ1n) is 11.5. The zero-order valence-electron chi connectivity index (χ0n) is 18.3. The Labute approximate surface area is 167 Å². The molecule has 0 saturated carbocycles. The summed E-state index contributed by atoms with van der Waals surface area (Å²) in [7, 11) is 2.41. The van der Waals surface area contributed by atoms with Crippen molar-refractivity contribution in [3.63, 3.8) is 0 Å². The number of halogens is 1. The van der Waals surface area contributed by atoms with E-state index in [0.717, 1.165) is 0 Å². The van der Waals surface area contributed by atoms with Crippen molar-refractivity contribution in [1.29, 1.82) is 0 Å². The third kappa shape index (κ3) is 18.8. The van der Waals surface area contributed by atoms with Crippen molar-refractivity contribution < 1.29 is 16.9 Å². The van der Waals surface area contributed by atoms with Crippen LogP contribution < -0.4 is 12.4 Å². The molecule has 0 unspecified atom stereocenters. The minimum Gasteiger partial charge on any atom is -1.00 e.